The third-order valence-electron chi connectivity index (χ3n) is 7.37. The third kappa shape index (κ3) is 4.55. The van der Waals surface area contributed by atoms with E-state index in [1.807, 2.05) is 0 Å². The molecule has 35 heavy (non-hydrogen) atoms. The number of aromatic nitrogens is 4. The molecule has 0 spiro atoms. The number of ether oxygens (including phenoxy) is 1. The van der Waals surface area contributed by atoms with E-state index in [9.17, 15) is 14.7 Å². The maximum Gasteiger partial charge on any atom is 0.274 e. The van der Waals surface area contributed by atoms with Gasteiger partial charge in [-0.05, 0) is 50.2 Å². The van der Waals surface area contributed by atoms with E-state index in [4.69, 9.17) is 4.74 Å². The van der Waals surface area contributed by atoms with Crippen molar-refractivity contribution in [2.75, 3.05) is 24.8 Å². The average Bonchev–Trinajstić information content (AvgIpc) is 3.29. The highest BCUT2D eigenvalue weighted by Crippen LogP contribution is 2.32. The number of fused-ring (bicyclic) bond motifs is 1. The van der Waals surface area contributed by atoms with E-state index < -0.39 is 6.10 Å². The molecular weight excluding hydrogens is 448 g/mol. The molecule has 186 valence electrons. The maximum absolute atomic E-state index is 13.2. The van der Waals surface area contributed by atoms with E-state index in [1.165, 1.54) is 0 Å². The minimum atomic E-state index is -0.503. The summed E-state index contributed by atoms with van der Waals surface area (Å²) in [6.07, 6.45) is 8.89. The molecule has 0 unspecified atom stereocenters. The van der Waals surface area contributed by atoms with E-state index in [1.54, 1.807) is 53.8 Å². The van der Waals surface area contributed by atoms with Crippen LogP contribution in [-0.2, 0) is 4.74 Å². The minimum Gasteiger partial charge on any atom is -0.391 e. The van der Waals surface area contributed by atoms with E-state index in [0.29, 0.717) is 41.4 Å². The summed E-state index contributed by atoms with van der Waals surface area (Å²) in [6.45, 7) is 0. The number of methoxy groups -OCH3 is 1. The zero-order valence-electron chi connectivity index (χ0n) is 20.1. The predicted octanol–water partition coefficient (Wildman–Crippen LogP) is 3.15. The second-order valence-electron chi connectivity index (χ2n) is 9.56. The second-order valence-corrected chi connectivity index (χ2v) is 9.56. The van der Waals surface area contributed by atoms with Crippen LogP contribution < -0.4 is 16.2 Å². The van der Waals surface area contributed by atoms with Gasteiger partial charge in [-0.2, -0.15) is 9.61 Å². The Kier molecular flexibility index (Phi) is 6.57. The fourth-order valence-electron chi connectivity index (χ4n) is 5.21. The van der Waals surface area contributed by atoms with Gasteiger partial charge in [0.05, 0.1) is 30.0 Å². The van der Waals surface area contributed by atoms with Crippen molar-refractivity contribution in [2.24, 2.45) is 5.92 Å². The zero-order chi connectivity index (χ0) is 24.5. The highest BCUT2D eigenvalue weighted by Gasteiger charge is 2.31. The molecule has 0 radical (unpaired) electrons. The van der Waals surface area contributed by atoms with Gasteiger partial charge < -0.3 is 25.0 Å². The standard InChI is InChI=1S/C25H32N6O4/c1-26-23-13-22(28-18-7-4-10-30(25(18)34)19-8-9-20(19)32)29-24-17(14-27-31(23)24)21(33)12-15-5-3-6-16(11-15)35-2/h4,7,10,13-16,19-20,26,32H,3,5-6,8-9,11-12H2,1-2H3,(H,28,29)/t15-,16-,19+,20-/m0/s1. The van der Waals surface area contributed by atoms with Crippen molar-refractivity contribution < 1.29 is 14.6 Å². The summed E-state index contributed by atoms with van der Waals surface area (Å²) in [7, 11) is 3.50. The highest BCUT2D eigenvalue weighted by atomic mass is 16.5. The number of rotatable bonds is 8. The summed E-state index contributed by atoms with van der Waals surface area (Å²) in [5, 5.41) is 20.6. The average molecular weight is 481 g/mol. The van der Waals surface area contributed by atoms with Crippen LogP contribution >= 0.6 is 0 Å². The Morgan fingerprint density at radius 2 is 2.14 bits per heavy atom. The lowest BCUT2D eigenvalue weighted by molar-refractivity contribution is 0.0300. The molecule has 4 atom stereocenters. The summed E-state index contributed by atoms with van der Waals surface area (Å²) in [6, 6.07) is 5.00. The lowest BCUT2D eigenvalue weighted by Gasteiger charge is -2.34. The van der Waals surface area contributed by atoms with Crippen molar-refractivity contribution in [1.29, 1.82) is 0 Å². The SMILES string of the molecule is CNc1cc(Nc2cccn([C@@H]3CC[C@@H]3O)c2=O)nc2c(C(=O)C[C@H]3CCC[C@H](OC)C3)cnn12. The van der Waals surface area contributed by atoms with Crippen molar-refractivity contribution >= 4 is 28.8 Å². The molecule has 2 aliphatic carbocycles. The quantitative estimate of drug-likeness (QED) is 0.420. The van der Waals surface area contributed by atoms with Crippen LogP contribution in [0.4, 0.5) is 17.3 Å². The minimum absolute atomic E-state index is 0.00879. The van der Waals surface area contributed by atoms with Gasteiger partial charge in [0.1, 0.15) is 17.3 Å². The van der Waals surface area contributed by atoms with Gasteiger partial charge >= 0.3 is 0 Å². The molecule has 2 aliphatic rings. The number of carbonyl (C=O) groups excluding carboxylic acids is 1. The molecule has 2 saturated carbocycles. The van der Waals surface area contributed by atoms with Crippen LogP contribution in [0.5, 0.6) is 0 Å². The van der Waals surface area contributed by atoms with Crippen molar-refractivity contribution in [3.05, 3.63) is 46.5 Å². The summed E-state index contributed by atoms with van der Waals surface area (Å²) < 4.78 is 8.69. The van der Waals surface area contributed by atoms with E-state index in [-0.39, 0.29) is 29.4 Å². The first-order chi connectivity index (χ1) is 17.0. The molecule has 3 heterocycles. The number of hydrogen-bond acceptors (Lipinski definition) is 8. The molecule has 3 N–H and O–H groups in total. The van der Waals surface area contributed by atoms with Crippen LogP contribution in [0.1, 0.15) is 61.3 Å². The number of Topliss-reactive ketones (excluding diaryl/α,β-unsaturated/α-hetero) is 1. The molecule has 0 amide bonds. The van der Waals surface area contributed by atoms with Gasteiger partial charge in [-0.15, -0.1) is 0 Å². The van der Waals surface area contributed by atoms with Gasteiger partial charge in [0.25, 0.3) is 5.56 Å². The van der Waals surface area contributed by atoms with Crippen molar-refractivity contribution in [3.8, 4) is 0 Å². The van der Waals surface area contributed by atoms with Crippen LogP contribution in [0.3, 0.4) is 0 Å². The number of nitrogens with zero attached hydrogens (tertiary/aromatic N) is 4. The number of nitrogens with one attached hydrogen (secondary N) is 2. The molecule has 0 aromatic carbocycles. The predicted molar refractivity (Wildman–Crippen MR) is 132 cm³/mol. The monoisotopic (exact) mass is 480 g/mol. The fraction of sp³-hybridized carbons (Fsp3) is 0.520. The van der Waals surface area contributed by atoms with Gasteiger partial charge in [-0.3, -0.25) is 9.59 Å². The summed E-state index contributed by atoms with van der Waals surface area (Å²) >= 11 is 0. The Bertz CT molecular complexity index is 1280. The Hall–Kier alpha value is -3.24. The number of pyridine rings is 1. The largest absolute Gasteiger partial charge is 0.391 e. The molecule has 0 saturated heterocycles. The Balaban J connectivity index is 1.43. The Labute approximate surface area is 203 Å². The molecule has 0 aliphatic heterocycles. The molecule has 10 nitrogen and oxygen atoms in total. The lowest BCUT2D eigenvalue weighted by atomic mass is 9.83. The van der Waals surface area contributed by atoms with E-state index >= 15 is 0 Å². The first-order valence-corrected chi connectivity index (χ1v) is 12.3. The number of anilines is 3. The van der Waals surface area contributed by atoms with Crippen LogP contribution in [0, 0.1) is 5.92 Å². The Morgan fingerprint density at radius 3 is 2.86 bits per heavy atom. The number of hydrogen-bond donors (Lipinski definition) is 3. The summed E-state index contributed by atoms with van der Waals surface area (Å²) in [5.41, 5.74) is 1.03. The maximum atomic E-state index is 13.2. The lowest BCUT2D eigenvalue weighted by Crippen LogP contribution is -2.39. The highest BCUT2D eigenvalue weighted by molar-refractivity contribution is 6.01. The van der Waals surface area contributed by atoms with Crippen molar-refractivity contribution in [2.45, 2.75) is 63.2 Å². The van der Waals surface area contributed by atoms with Crippen molar-refractivity contribution in [1.82, 2.24) is 19.2 Å². The van der Waals surface area contributed by atoms with Gasteiger partial charge in [0.15, 0.2) is 11.4 Å². The topological polar surface area (TPSA) is 123 Å². The summed E-state index contributed by atoms with van der Waals surface area (Å²) in [4.78, 5) is 30.9. The summed E-state index contributed by atoms with van der Waals surface area (Å²) in [5.74, 6) is 1.36. The molecule has 0 bridgehead atoms. The van der Waals surface area contributed by atoms with Crippen LogP contribution in [0.15, 0.2) is 35.4 Å². The smallest absolute Gasteiger partial charge is 0.274 e. The fourth-order valence-corrected chi connectivity index (χ4v) is 5.21. The molecule has 3 aromatic heterocycles. The molecular formula is C25H32N6O4. The van der Waals surface area contributed by atoms with E-state index in [0.717, 1.165) is 32.1 Å². The zero-order valence-corrected chi connectivity index (χ0v) is 20.1. The normalized spacial score (nSPS) is 24.2. The second kappa shape index (κ2) is 9.79. The first-order valence-electron chi connectivity index (χ1n) is 12.3. The van der Waals surface area contributed by atoms with Crippen LogP contribution in [0.25, 0.3) is 5.65 Å². The van der Waals surface area contributed by atoms with Gasteiger partial charge in [-0.25, -0.2) is 4.98 Å². The van der Waals surface area contributed by atoms with Crippen molar-refractivity contribution in [3.63, 3.8) is 0 Å². The van der Waals surface area contributed by atoms with Gasteiger partial charge in [0.2, 0.25) is 0 Å². The molecule has 10 heteroatoms. The number of aliphatic hydroxyl groups excluding tert-OH is 1. The van der Waals surface area contributed by atoms with E-state index in [2.05, 4.69) is 20.7 Å². The molecule has 3 aromatic rings. The van der Waals surface area contributed by atoms with Crippen LogP contribution in [-0.4, -0.2) is 56.4 Å². The van der Waals surface area contributed by atoms with Crippen LogP contribution in [0.2, 0.25) is 0 Å². The molecule has 5 rings (SSSR count). The molecule has 2 fully saturated rings. The number of aliphatic hydroxyl groups is 1. The van der Waals surface area contributed by atoms with Gasteiger partial charge in [0, 0.05) is 32.8 Å². The number of ketones is 1. The third-order valence-corrected chi connectivity index (χ3v) is 7.37. The van der Waals surface area contributed by atoms with Gasteiger partial charge in [-0.1, -0.05) is 6.42 Å². The first kappa shape index (κ1) is 23.5. The Morgan fingerprint density at radius 1 is 1.29 bits per heavy atom. The number of carbonyl (C=O) groups is 1.